The van der Waals surface area contributed by atoms with Gasteiger partial charge in [-0.05, 0) is 48.2 Å². The number of halogens is 2. The number of aliphatic hydroxyl groups is 1. The van der Waals surface area contributed by atoms with Crippen LogP contribution in [0.5, 0.6) is 0 Å². The standard InChI is InChI=1S/C21H19ClFNO4/c1-2-28-21(27)16-11-14(8-9-25)18-7-6-13(12-24(18)20(16)26)10-15-4-3-5-17(22)19(15)23/h3-7,11-12,25H,2,8-10H2,1H3. The fraction of sp³-hybridized carbons (Fsp3) is 0.238. The fourth-order valence-corrected chi connectivity index (χ4v) is 3.29. The normalized spacial score (nSPS) is 11.0. The summed E-state index contributed by atoms with van der Waals surface area (Å²) < 4.78 is 20.5. The Morgan fingerprint density at radius 1 is 1.25 bits per heavy atom. The number of carbonyl (C=O) groups is 1. The van der Waals surface area contributed by atoms with Gasteiger partial charge in [-0.2, -0.15) is 0 Å². The maximum atomic E-state index is 14.2. The van der Waals surface area contributed by atoms with Crippen LogP contribution >= 0.6 is 11.6 Å². The average Bonchev–Trinajstić information content (AvgIpc) is 2.68. The van der Waals surface area contributed by atoms with Gasteiger partial charge < -0.3 is 9.84 Å². The van der Waals surface area contributed by atoms with Gasteiger partial charge in [0.05, 0.1) is 17.1 Å². The molecular formula is C21H19ClFNO4. The van der Waals surface area contributed by atoms with Crippen molar-refractivity contribution in [1.29, 1.82) is 0 Å². The Kier molecular flexibility index (Phi) is 6.11. The highest BCUT2D eigenvalue weighted by molar-refractivity contribution is 6.30. The van der Waals surface area contributed by atoms with Crippen LogP contribution in [0.3, 0.4) is 0 Å². The van der Waals surface area contributed by atoms with Gasteiger partial charge in [0.2, 0.25) is 0 Å². The lowest BCUT2D eigenvalue weighted by atomic mass is 10.0. The maximum absolute atomic E-state index is 14.2. The highest BCUT2D eigenvalue weighted by Crippen LogP contribution is 2.21. The second-order valence-corrected chi connectivity index (χ2v) is 6.67. The second kappa shape index (κ2) is 8.54. The lowest BCUT2D eigenvalue weighted by molar-refractivity contribution is 0.0524. The molecule has 0 unspecified atom stereocenters. The molecule has 0 aliphatic rings. The van der Waals surface area contributed by atoms with Gasteiger partial charge in [-0.15, -0.1) is 0 Å². The van der Waals surface area contributed by atoms with E-state index >= 15 is 0 Å². The van der Waals surface area contributed by atoms with Crippen molar-refractivity contribution in [3.63, 3.8) is 0 Å². The number of benzene rings is 1. The highest BCUT2D eigenvalue weighted by Gasteiger charge is 2.17. The molecule has 5 nitrogen and oxygen atoms in total. The van der Waals surface area contributed by atoms with E-state index in [0.29, 0.717) is 22.2 Å². The van der Waals surface area contributed by atoms with E-state index in [2.05, 4.69) is 0 Å². The number of hydrogen-bond acceptors (Lipinski definition) is 4. The first-order valence-electron chi connectivity index (χ1n) is 8.84. The Labute approximate surface area is 166 Å². The summed E-state index contributed by atoms with van der Waals surface area (Å²) in [5, 5.41) is 9.36. The largest absolute Gasteiger partial charge is 0.462 e. The number of carbonyl (C=O) groups excluding carboxylic acids is 1. The lowest BCUT2D eigenvalue weighted by Crippen LogP contribution is -2.25. The van der Waals surface area contributed by atoms with Crippen LogP contribution in [0.25, 0.3) is 5.52 Å². The number of nitrogens with zero attached hydrogens (tertiary/aromatic N) is 1. The van der Waals surface area contributed by atoms with Crippen molar-refractivity contribution in [2.45, 2.75) is 19.8 Å². The molecule has 0 bridgehead atoms. The van der Waals surface area contributed by atoms with Crippen LogP contribution in [0.1, 0.15) is 34.0 Å². The molecule has 146 valence electrons. The van der Waals surface area contributed by atoms with Crippen LogP contribution in [-0.2, 0) is 17.6 Å². The minimum Gasteiger partial charge on any atom is -0.462 e. The molecule has 1 N–H and O–H groups in total. The van der Waals surface area contributed by atoms with Crippen molar-refractivity contribution < 1.29 is 19.0 Å². The van der Waals surface area contributed by atoms with Gasteiger partial charge in [0.25, 0.3) is 5.56 Å². The third kappa shape index (κ3) is 3.93. The van der Waals surface area contributed by atoms with Crippen LogP contribution in [0.4, 0.5) is 4.39 Å². The predicted molar refractivity (Wildman–Crippen MR) is 105 cm³/mol. The van der Waals surface area contributed by atoms with E-state index in [0.717, 1.165) is 0 Å². The molecule has 0 atom stereocenters. The van der Waals surface area contributed by atoms with Gasteiger partial charge in [0.1, 0.15) is 11.4 Å². The SMILES string of the molecule is CCOC(=O)c1cc(CCO)c2ccc(Cc3cccc(Cl)c3F)cn2c1=O. The van der Waals surface area contributed by atoms with Gasteiger partial charge in [0.15, 0.2) is 0 Å². The molecule has 0 spiro atoms. The number of ether oxygens (including phenoxy) is 1. The van der Waals surface area contributed by atoms with Crippen LogP contribution in [0, 0.1) is 5.82 Å². The zero-order chi connectivity index (χ0) is 20.3. The monoisotopic (exact) mass is 403 g/mol. The summed E-state index contributed by atoms with van der Waals surface area (Å²) in [5.74, 6) is -1.22. The summed E-state index contributed by atoms with van der Waals surface area (Å²) >= 11 is 5.84. The Bertz CT molecular complexity index is 1090. The lowest BCUT2D eigenvalue weighted by Gasteiger charge is -2.12. The summed E-state index contributed by atoms with van der Waals surface area (Å²) in [6, 6.07) is 9.71. The van der Waals surface area contributed by atoms with Crippen LogP contribution in [0.2, 0.25) is 5.02 Å². The molecule has 3 aromatic rings. The summed E-state index contributed by atoms with van der Waals surface area (Å²) in [6.45, 7) is 1.67. The number of aliphatic hydroxyl groups excluding tert-OH is 1. The average molecular weight is 404 g/mol. The van der Waals surface area contributed by atoms with E-state index in [1.807, 2.05) is 0 Å². The van der Waals surface area contributed by atoms with Crippen molar-refractivity contribution >= 4 is 23.1 Å². The van der Waals surface area contributed by atoms with E-state index in [4.69, 9.17) is 16.3 Å². The smallest absolute Gasteiger partial charge is 0.343 e. The molecule has 28 heavy (non-hydrogen) atoms. The third-order valence-electron chi connectivity index (χ3n) is 4.41. The van der Waals surface area contributed by atoms with Gasteiger partial charge in [-0.25, -0.2) is 9.18 Å². The van der Waals surface area contributed by atoms with E-state index in [1.54, 1.807) is 37.4 Å². The molecule has 3 rings (SSSR count). The molecule has 0 fully saturated rings. The zero-order valence-electron chi connectivity index (χ0n) is 15.2. The molecule has 0 aliphatic heterocycles. The van der Waals surface area contributed by atoms with Gasteiger partial charge in [-0.3, -0.25) is 9.20 Å². The van der Waals surface area contributed by atoms with Crippen LogP contribution < -0.4 is 5.56 Å². The van der Waals surface area contributed by atoms with E-state index in [-0.39, 0.29) is 36.6 Å². The number of esters is 1. The number of aromatic nitrogens is 1. The number of fused-ring (bicyclic) bond motifs is 1. The van der Waals surface area contributed by atoms with Gasteiger partial charge >= 0.3 is 5.97 Å². The number of rotatable bonds is 6. The predicted octanol–water partition coefficient (Wildman–Crippen LogP) is 3.39. The van der Waals surface area contributed by atoms with Gasteiger partial charge in [-0.1, -0.05) is 29.8 Å². The fourth-order valence-electron chi connectivity index (χ4n) is 3.10. The molecule has 0 radical (unpaired) electrons. The Hall–Kier alpha value is -2.70. The van der Waals surface area contributed by atoms with E-state index in [1.165, 1.54) is 16.5 Å². The van der Waals surface area contributed by atoms with Crippen molar-refractivity contribution in [1.82, 2.24) is 4.40 Å². The maximum Gasteiger partial charge on any atom is 0.343 e. The number of pyridine rings is 2. The van der Waals surface area contributed by atoms with Crippen molar-refractivity contribution in [2.75, 3.05) is 13.2 Å². The molecule has 0 aliphatic carbocycles. The third-order valence-corrected chi connectivity index (χ3v) is 4.70. The van der Waals surface area contributed by atoms with Crippen LogP contribution in [0.15, 0.2) is 47.4 Å². The second-order valence-electron chi connectivity index (χ2n) is 6.26. The minimum absolute atomic E-state index is 0.0327. The molecule has 1 aromatic carbocycles. The molecule has 0 amide bonds. The summed E-state index contributed by atoms with van der Waals surface area (Å²) in [5.41, 5.74) is 1.66. The zero-order valence-corrected chi connectivity index (χ0v) is 16.0. The topological polar surface area (TPSA) is 68.0 Å². The first kappa shape index (κ1) is 20.0. The molecule has 0 saturated carbocycles. The molecule has 7 heteroatoms. The Morgan fingerprint density at radius 3 is 2.75 bits per heavy atom. The van der Waals surface area contributed by atoms with Crippen molar-refractivity contribution in [3.05, 3.63) is 86.0 Å². The van der Waals surface area contributed by atoms with Crippen LogP contribution in [-0.4, -0.2) is 28.7 Å². The Balaban J connectivity index is 2.13. The van der Waals surface area contributed by atoms with Crippen molar-refractivity contribution in [2.24, 2.45) is 0 Å². The number of hydrogen-bond donors (Lipinski definition) is 1. The summed E-state index contributed by atoms with van der Waals surface area (Å²) in [4.78, 5) is 25.0. The Morgan fingerprint density at radius 2 is 2.04 bits per heavy atom. The first-order valence-corrected chi connectivity index (χ1v) is 9.22. The quantitative estimate of drug-likeness (QED) is 0.640. The van der Waals surface area contributed by atoms with E-state index < -0.39 is 17.3 Å². The van der Waals surface area contributed by atoms with Gasteiger partial charge in [0, 0.05) is 19.2 Å². The molecule has 2 heterocycles. The summed E-state index contributed by atoms with van der Waals surface area (Å²) in [7, 11) is 0. The minimum atomic E-state index is -0.715. The van der Waals surface area contributed by atoms with Crippen molar-refractivity contribution in [3.8, 4) is 0 Å². The highest BCUT2D eigenvalue weighted by atomic mass is 35.5. The van der Waals surface area contributed by atoms with E-state index in [9.17, 15) is 19.1 Å². The molecule has 2 aromatic heterocycles. The first-order chi connectivity index (χ1) is 13.5. The molecular weight excluding hydrogens is 385 g/mol. The summed E-state index contributed by atoms with van der Waals surface area (Å²) in [6.07, 6.45) is 2.08. The molecule has 0 saturated heterocycles.